The molecule has 2 aliphatic rings. The second kappa shape index (κ2) is 8.67. The van der Waals surface area contributed by atoms with Crippen LogP contribution in [-0.4, -0.2) is 31.1 Å². The molecule has 31 heavy (non-hydrogen) atoms. The summed E-state index contributed by atoms with van der Waals surface area (Å²) < 4.78 is 10.6. The van der Waals surface area contributed by atoms with Gasteiger partial charge in [-0.15, -0.1) is 0 Å². The second-order valence-corrected chi connectivity index (χ2v) is 7.92. The van der Waals surface area contributed by atoms with Crippen LogP contribution in [-0.2, 0) is 27.3 Å². The fraction of sp³-hybridized carbons (Fsp3) is 0.348. The molecule has 2 heterocycles. The van der Waals surface area contributed by atoms with Crippen LogP contribution >= 0.6 is 0 Å². The summed E-state index contributed by atoms with van der Waals surface area (Å²) in [6.45, 7) is 4.83. The molecule has 0 saturated heterocycles. The van der Waals surface area contributed by atoms with Gasteiger partial charge in [0.15, 0.2) is 11.5 Å². The molecule has 0 saturated carbocycles. The Labute approximate surface area is 180 Å². The Bertz CT molecular complexity index is 1030. The number of nitrogens with zero attached hydrogens (tertiary/aromatic N) is 1. The highest BCUT2D eigenvalue weighted by atomic mass is 16.7. The maximum absolute atomic E-state index is 12.5. The van der Waals surface area contributed by atoms with E-state index in [0.717, 1.165) is 29.7 Å². The normalized spacial score (nSPS) is 14.2. The first-order valence-corrected chi connectivity index (χ1v) is 10.3. The number of anilines is 2. The lowest BCUT2D eigenvalue weighted by Gasteiger charge is -2.31. The minimum Gasteiger partial charge on any atom is -0.454 e. The third kappa shape index (κ3) is 4.47. The molecule has 2 aliphatic heterocycles. The second-order valence-electron chi connectivity index (χ2n) is 7.92. The van der Waals surface area contributed by atoms with Crippen molar-refractivity contribution in [1.29, 1.82) is 0 Å². The van der Waals surface area contributed by atoms with Crippen LogP contribution < -0.4 is 25.0 Å². The largest absolute Gasteiger partial charge is 0.454 e. The molecule has 0 radical (unpaired) electrons. The molecule has 0 atom stereocenters. The van der Waals surface area contributed by atoms with E-state index < -0.39 is 11.8 Å². The van der Waals surface area contributed by atoms with Gasteiger partial charge in [0.05, 0.1) is 0 Å². The highest BCUT2D eigenvalue weighted by Crippen LogP contribution is 2.32. The number of nitrogens with one attached hydrogen (secondary N) is 2. The Balaban J connectivity index is 1.37. The maximum Gasteiger partial charge on any atom is 0.313 e. The molecule has 3 amide bonds. The molecule has 0 bridgehead atoms. The summed E-state index contributed by atoms with van der Waals surface area (Å²) in [7, 11) is 0. The van der Waals surface area contributed by atoms with Gasteiger partial charge >= 0.3 is 11.8 Å². The van der Waals surface area contributed by atoms with E-state index in [-0.39, 0.29) is 25.2 Å². The monoisotopic (exact) mass is 423 g/mol. The molecule has 0 unspecified atom stereocenters. The smallest absolute Gasteiger partial charge is 0.313 e. The van der Waals surface area contributed by atoms with E-state index in [2.05, 4.69) is 10.6 Å². The van der Waals surface area contributed by atoms with E-state index in [1.807, 2.05) is 26.0 Å². The molecule has 2 N–H and O–H groups in total. The average molecular weight is 423 g/mol. The van der Waals surface area contributed by atoms with Gasteiger partial charge < -0.3 is 25.0 Å². The van der Waals surface area contributed by atoms with E-state index >= 15 is 0 Å². The Morgan fingerprint density at radius 1 is 1.03 bits per heavy atom. The fourth-order valence-electron chi connectivity index (χ4n) is 3.72. The van der Waals surface area contributed by atoms with E-state index in [1.54, 1.807) is 29.2 Å². The summed E-state index contributed by atoms with van der Waals surface area (Å²) in [6.07, 6.45) is 1.68. The predicted molar refractivity (Wildman–Crippen MR) is 115 cm³/mol. The molecule has 0 fully saturated rings. The Morgan fingerprint density at radius 2 is 1.84 bits per heavy atom. The van der Waals surface area contributed by atoms with Crippen LogP contribution in [0.15, 0.2) is 36.4 Å². The van der Waals surface area contributed by atoms with E-state index in [4.69, 9.17) is 9.47 Å². The number of hydrogen-bond acceptors (Lipinski definition) is 5. The standard InChI is InChI=1S/C23H25N3O5/c1-14(2)23(29)26-9-3-4-16-11-17(6-7-18(16)26)25-22(28)21(27)24-12-15-5-8-19-20(10-15)31-13-30-19/h5-8,10-11,14H,3-4,9,12-13H2,1-2H3,(H,24,27)(H,25,28). The van der Waals surface area contributed by atoms with Crippen LogP contribution in [0.3, 0.4) is 0 Å². The zero-order valence-corrected chi connectivity index (χ0v) is 17.6. The molecule has 8 nitrogen and oxygen atoms in total. The zero-order valence-electron chi connectivity index (χ0n) is 17.6. The maximum atomic E-state index is 12.5. The Hall–Kier alpha value is -3.55. The van der Waals surface area contributed by atoms with Gasteiger partial charge in [-0.1, -0.05) is 19.9 Å². The lowest BCUT2D eigenvalue weighted by molar-refractivity contribution is -0.136. The SMILES string of the molecule is CC(C)C(=O)N1CCCc2cc(NC(=O)C(=O)NCc3ccc4c(c3)OCO4)ccc21. The van der Waals surface area contributed by atoms with Crippen LogP contribution in [0, 0.1) is 5.92 Å². The van der Waals surface area contributed by atoms with Gasteiger partial charge in [0.1, 0.15) is 0 Å². The minimum atomic E-state index is -0.744. The van der Waals surface area contributed by atoms with Crippen molar-refractivity contribution in [1.82, 2.24) is 5.32 Å². The van der Waals surface area contributed by atoms with Crippen molar-refractivity contribution in [3.63, 3.8) is 0 Å². The first-order valence-electron chi connectivity index (χ1n) is 10.3. The third-order valence-electron chi connectivity index (χ3n) is 5.31. The lowest BCUT2D eigenvalue weighted by Crippen LogP contribution is -2.38. The van der Waals surface area contributed by atoms with Crippen LogP contribution in [0.2, 0.25) is 0 Å². The zero-order chi connectivity index (χ0) is 22.0. The average Bonchev–Trinajstić information content (AvgIpc) is 3.24. The van der Waals surface area contributed by atoms with Gasteiger partial charge in [-0.3, -0.25) is 14.4 Å². The van der Waals surface area contributed by atoms with E-state index in [1.165, 1.54) is 0 Å². The number of hydrogen-bond donors (Lipinski definition) is 2. The van der Waals surface area contributed by atoms with Crippen LogP contribution in [0.25, 0.3) is 0 Å². The van der Waals surface area contributed by atoms with Crippen molar-refractivity contribution in [3.05, 3.63) is 47.5 Å². The first-order chi connectivity index (χ1) is 14.9. The van der Waals surface area contributed by atoms with Crippen molar-refractivity contribution in [3.8, 4) is 11.5 Å². The van der Waals surface area contributed by atoms with Crippen LogP contribution in [0.4, 0.5) is 11.4 Å². The third-order valence-corrected chi connectivity index (χ3v) is 5.31. The number of ether oxygens (including phenoxy) is 2. The molecular formula is C23H25N3O5. The van der Waals surface area contributed by atoms with Crippen molar-refractivity contribution in [2.45, 2.75) is 33.2 Å². The predicted octanol–water partition coefficient (Wildman–Crippen LogP) is 2.61. The van der Waals surface area contributed by atoms with Crippen molar-refractivity contribution in [2.24, 2.45) is 5.92 Å². The summed E-state index contributed by atoms with van der Waals surface area (Å²) in [6, 6.07) is 10.7. The summed E-state index contributed by atoms with van der Waals surface area (Å²) >= 11 is 0. The van der Waals surface area contributed by atoms with Gasteiger partial charge in [-0.2, -0.15) is 0 Å². The Kier molecular flexibility index (Phi) is 5.79. The lowest BCUT2D eigenvalue weighted by atomic mass is 9.99. The van der Waals surface area contributed by atoms with Gasteiger partial charge in [0, 0.05) is 30.4 Å². The molecule has 2 aromatic carbocycles. The summed E-state index contributed by atoms with van der Waals surface area (Å²) in [5.41, 5.74) is 3.18. The first kappa shape index (κ1) is 20.7. The Morgan fingerprint density at radius 3 is 2.65 bits per heavy atom. The van der Waals surface area contributed by atoms with Crippen molar-refractivity contribution >= 4 is 29.1 Å². The molecular weight excluding hydrogens is 398 g/mol. The van der Waals surface area contributed by atoms with Crippen LogP contribution in [0.5, 0.6) is 11.5 Å². The van der Waals surface area contributed by atoms with E-state index in [0.29, 0.717) is 23.7 Å². The number of rotatable bonds is 4. The van der Waals surface area contributed by atoms with E-state index in [9.17, 15) is 14.4 Å². The van der Waals surface area contributed by atoms with Gasteiger partial charge in [0.25, 0.3) is 0 Å². The van der Waals surface area contributed by atoms with Gasteiger partial charge in [-0.25, -0.2) is 0 Å². The van der Waals surface area contributed by atoms with Gasteiger partial charge in [-0.05, 0) is 54.3 Å². The molecule has 0 aromatic heterocycles. The summed E-state index contributed by atoms with van der Waals surface area (Å²) in [5, 5.41) is 5.24. The fourth-order valence-corrected chi connectivity index (χ4v) is 3.72. The quantitative estimate of drug-likeness (QED) is 0.737. The number of carbonyl (C=O) groups is 3. The topological polar surface area (TPSA) is 97.0 Å². The highest BCUT2D eigenvalue weighted by Gasteiger charge is 2.25. The number of carbonyl (C=O) groups excluding carboxylic acids is 3. The van der Waals surface area contributed by atoms with Crippen molar-refractivity contribution < 1.29 is 23.9 Å². The van der Waals surface area contributed by atoms with Gasteiger partial charge in [0.2, 0.25) is 12.7 Å². The van der Waals surface area contributed by atoms with Crippen molar-refractivity contribution in [2.75, 3.05) is 23.6 Å². The highest BCUT2D eigenvalue weighted by molar-refractivity contribution is 6.39. The minimum absolute atomic E-state index is 0.0839. The number of benzene rings is 2. The molecule has 2 aromatic rings. The number of fused-ring (bicyclic) bond motifs is 2. The molecule has 8 heteroatoms. The van der Waals surface area contributed by atoms with Crippen LogP contribution in [0.1, 0.15) is 31.4 Å². The molecule has 0 spiro atoms. The summed E-state index contributed by atoms with van der Waals surface area (Å²) in [5.74, 6) is -0.192. The molecule has 0 aliphatic carbocycles. The number of amides is 3. The molecule has 4 rings (SSSR count). The summed E-state index contributed by atoms with van der Waals surface area (Å²) in [4.78, 5) is 38.8. The molecule has 162 valence electrons. The number of aryl methyl sites for hydroxylation is 1.